The van der Waals surface area contributed by atoms with Crippen molar-refractivity contribution in [1.29, 1.82) is 0 Å². The zero-order valence-corrected chi connectivity index (χ0v) is 10.2. The fourth-order valence-electron chi connectivity index (χ4n) is 1.88. The second-order valence-corrected chi connectivity index (χ2v) is 5.00. The van der Waals surface area contributed by atoms with Crippen LogP contribution in [-0.4, -0.2) is 22.4 Å². The zero-order valence-electron chi connectivity index (χ0n) is 9.35. The summed E-state index contributed by atoms with van der Waals surface area (Å²) in [5, 5.41) is 1.14. The summed E-state index contributed by atoms with van der Waals surface area (Å²) in [4.78, 5) is 11.0. The summed E-state index contributed by atoms with van der Waals surface area (Å²) in [5.41, 5.74) is 1.85. The topological polar surface area (TPSA) is 22.0 Å². The highest BCUT2D eigenvalue weighted by Gasteiger charge is 2.05. The van der Waals surface area contributed by atoms with E-state index in [0.717, 1.165) is 40.8 Å². The number of hydrogen-bond donors (Lipinski definition) is 0. The molecule has 84 valence electrons. The number of carbonyl (C=O) groups excluding carboxylic acids is 1. The molecule has 1 aromatic heterocycles. The van der Waals surface area contributed by atoms with Gasteiger partial charge in [-0.25, -0.2) is 0 Å². The summed E-state index contributed by atoms with van der Waals surface area (Å²) in [5.74, 6) is 2.23. The first-order chi connectivity index (χ1) is 7.86. The Morgan fingerprint density at radius 2 is 2.25 bits per heavy atom. The third-order valence-electron chi connectivity index (χ3n) is 2.63. The van der Waals surface area contributed by atoms with Gasteiger partial charge in [0.05, 0.1) is 5.52 Å². The Bertz CT molecular complexity index is 490. The molecular weight excluding hydrogens is 218 g/mol. The fourth-order valence-corrected chi connectivity index (χ4v) is 2.49. The Balaban J connectivity index is 2.34. The molecule has 0 saturated carbocycles. The molecule has 0 amide bonds. The standard InChI is InChI=1S/C13H15NOS/c1-2-16-9-8-14-7-6-11-4-3-5-12(10-15)13(11)14/h3-7,10H,2,8-9H2,1H3. The lowest BCUT2D eigenvalue weighted by Crippen LogP contribution is -2.00. The van der Waals surface area contributed by atoms with Gasteiger partial charge < -0.3 is 4.57 Å². The van der Waals surface area contributed by atoms with Crippen LogP contribution >= 0.6 is 11.8 Å². The molecule has 0 spiro atoms. The van der Waals surface area contributed by atoms with E-state index in [2.05, 4.69) is 23.8 Å². The minimum Gasteiger partial charge on any atom is -0.346 e. The Labute approximate surface area is 99.6 Å². The quantitative estimate of drug-likeness (QED) is 0.584. The van der Waals surface area contributed by atoms with Crippen molar-refractivity contribution < 1.29 is 4.79 Å². The van der Waals surface area contributed by atoms with Crippen LogP contribution < -0.4 is 0 Å². The van der Waals surface area contributed by atoms with E-state index in [1.807, 2.05) is 30.0 Å². The second-order valence-electron chi connectivity index (χ2n) is 3.61. The number of aryl methyl sites for hydroxylation is 1. The number of thioether (sulfide) groups is 1. The van der Waals surface area contributed by atoms with E-state index >= 15 is 0 Å². The predicted octanol–water partition coefficient (Wildman–Crippen LogP) is 3.21. The van der Waals surface area contributed by atoms with Gasteiger partial charge in [0, 0.05) is 29.4 Å². The Kier molecular flexibility index (Phi) is 3.67. The number of carbonyl (C=O) groups is 1. The van der Waals surface area contributed by atoms with Gasteiger partial charge >= 0.3 is 0 Å². The van der Waals surface area contributed by atoms with Crippen LogP contribution in [0, 0.1) is 0 Å². The first-order valence-electron chi connectivity index (χ1n) is 5.47. The van der Waals surface area contributed by atoms with E-state index in [-0.39, 0.29) is 0 Å². The summed E-state index contributed by atoms with van der Waals surface area (Å²) in [6.45, 7) is 3.13. The van der Waals surface area contributed by atoms with E-state index in [1.54, 1.807) is 0 Å². The van der Waals surface area contributed by atoms with Gasteiger partial charge in [-0.2, -0.15) is 11.8 Å². The first kappa shape index (κ1) is 11.3. The molecule has 0 aliphatic rings. The van der Waals surface area contributed by atoms with Crippen molar-refractivity contribution in [2.45, 2.75) is 13.5 Å². The number of fused-ring (bicyclic) bond motifs is 1. The van der Waals surface area contributed by atoms with Crippen molar-refractivity contribution >= 4 is 29.0 Å². The smallest absolute Gasteiger partial charge is 0.152 e. The van der Waals surface area contributed by atoms with Crippen LogP contribution in [0.25, 0.3) is 10.9 Å². The molecule has 2 nitrogen and oxygen atoms in total. The van der Waals surface area contributed by atoms with Crippen molar-refractivity contribution in [2.75, 3.05) is 11.5 Å². The van der Waals surface area contributed by atoms with Crippen LogP contribution in [0.5, 0.6) is 0 Å². The molecule has 1 aromatic carbocycles. The van der Waals surface area contributed by atoms with Gasteiger partial charge in [0.25, 0.3) is 0 Å². The Morgan fingerprint density at radius 3 is 3.00 bits per heavy atom. The largest absolute Gasteiger partial charge is 0.346 e. The van der Waals surface area contributed by atoms with E-state index < -0.39 is 0 Å². The number of aldehydes is 1. The van der Waals surface area contributed by atoms with Crippen LogP contribution in [0.15, 0.2) is 30.5 Å². The maximum absolute atomic E-state index is 11.0. The maximum atomic E-state index is 11.0. The number of benzene rings is 1. The molecular formula is C13H15NOS. The molecule has 0 saturated heterocycles. The lowest BCUT2D eigenvalue weighted by atomic mass is 10.1. The minimum atomic E-state index is 0.781. The van der Waals surface area contributed by atoms with Crippen LogP contribution in [0.2, 0.25) is 0 Å². The summed E-state index contributed by atoms with van der Waals surface area (Å²) >= 11 is 1.92. The number of nitrogens with zero attached hydrogens (tertiary/aromatic N) is 1. The third kappa shape index (κ3) is 2.14. The average Bonchev–Trinajstić information content (AvgIpc) is 2.73. The van der Waals surface area contributed by atoms with E-state index in [9.17, 15) is 4.79 Å². The van der Waals surface area contributed by atoms with Gasteiger partial charge in [-0.05, 0) is 17.9 Å². The average molecular weight is 233 g/mol. The summed E-state index contributed by atoms with van der Waals surface area (Å²) in [6.07, 6.45) is 3.00. The van der Waals surface area contributed by atoms with Crippen molar-refractivity contribution in [1.82, 2.24) is 4.57 Å². The van der Waals surface area contributed by atoms with Gasteiger partial charge in [-0.15, -0.1) is 0 Å². The molecule has 0 N–H and O–H groups in total. The van der Waals surface area contributed by atoms with E-state index in [1.165, 1.54) is 0 Å². The highest BCUT2D eigenvalue weighted by molar-refractivity contribution is 7.99. The molecule has 1 heterocycles. The highest BCUT2D eigenvalue weighted by Crippen LogP contribution is 2.19. The summed E-state index contributed by atoms with van der Waals surface area (Å²) in [6, 6.07) is 7.92. The molecule has 2 aromatic rings. The molecule has 0 fully saturated rings. The minimum absolute atomic E-state index is 0.781. The van der Waals surface area contributed by atoms with Gasteiger partial charge in [-0.3, -0.25) is 4.79 Å². The summed E-state index contributed by atoms with van der Waals surface area (Å²) in [7, 11) is 0. The van der Waals surface area contributed by atoms with Crippen molar-refractivity contribution in [3.8, 4) is 0 Å². The molecule has 2 rings (SSSR count). The lowest BCUT2D eigenvalue weighted by molar-refractivity contribution is 0.112. The van der Waals surface area contributed by atoms with Crippen LogP contribution in [-0.2, 0) is 6.54 Å². The van der Waals surface area contributed by atoms with Crippen LogP contribution in [0.4, 0.5) is 0 Å². The fraction of sp³-hybridized carbons (Fsp3) is 0.308. The highest BCUT2D eigenvalue weighted by atomic mass is 32.2. The monoisotopic (exact) mass is 233 g/mol. The van der Waals surface area contributed by atoms with Gasteiger partial charge in [-0.1, -0.05) is 19.1 Å². The van der Waals surface area contributed by atoms with Crippen molar-refractivity contribution in [3.63, 3.8) is 0 Å². The zero-order chi connectivity index (χ0) is 11.4. The van der Waals surface area contributed by atoms with Gasteiger partial charge in [0.1, 0.15) is 0 Å². The van der Waals surface area contributed by atoms with E-state index in [4.69, 9.17) is 0 Å². The first-order valence-corrected chi connectivity index (χ1v) is 6.63. The molecule has 0 atom stereocenters. The molecule has 3 heteroatoms. The SMILES string of the molecule is CCSCCn1ccc2cccc(C=O)c21. The number of hydrogen-bond acceptors (Lipinski definition) is 2. The van der Waals surface area contributed by atoms with E-state index in [0.29, 0.717) is 0 Å². The number of rotatable bonds is 5. The maximum Gasteiger partial charge on any atom is 0.152 e. The molecule has 0 aliphatic carbocycles. The number of para-hydroxylation sites is 1. The molecule has 16 heavy (non-hydrogen) atoms. The molecule has 0 radical (unpaired) electrons. The van der Waals surface area contributed by atoms with Gasteiger partial charge in [0.15, 0.2) is 6.29 Å². The lowest BCUT2D eigenvalue weighted by Gasteiger charge is -2.06. The molecule has 0 unspecified atom stereocenters. The van der Waals surface area contributed by atoms with Crippen LogP contribution in [0.3, 0.4) is 0 Å². The predicted molar refractivity (Wildman–Crippen MR) is 70.3 cm³/mol. The molecule has 0 bridgehead atoms. The van der Waals surface area contributed by atoms with Crippen molar-refractivity contribution in [2.24, 2.45) is 0 Å². The summed E-state index contributed by atoms with van der Waals surface area (Å²) < 4.78 is 2.17. The normalized spacial score (nSPS) is 10.8. The second kappa shape index (κ2) is 5.21. The van der Waals surface area contributed by atoms with Gasteiger partial charge in [0.2, 0.25) is 0 Å². The number of aromatic nitrogens is 1. The molecule has 0 aliphatic heterocycles. The van der Waals surface area contributed by atoms with Crippen molar-refractivity contribution in [3.05, 3.63) is 36.0 Å². The third-order valence-corrected chi connectivity index (χ3v) is 3.51. The Morgan fingerprint density at radius 1 is 1.38 bits per heavy atom. The van der Waals surface area contributed by atoms with Crippen LogP contribution in [0.1, 0.15) is 17.3 Å². The Hall–Kier alpha value is -1.22.